The molecule has 3 rings (SSSR count). The van der Waals surface area contributed by atoms with Crippen molar-refractivity contribution < 1.29 is 9.59 Å². The number of nitrogens with two attached hydrogens (primary N) is 1. The van der Waals surface area contributed by atoms with Crippen molar-refractivity contribution in [2.45, 2.75) is 32.7 Å². The van der Waals surface area contributed by atoms with Crippen LogP contribution in [0.1, 0.15) is 31.7 Å². The van der Waals surface area contributed by atoms with Gasteiger partial charge in [0.1, 0.15) is 0 Å². The Morgan fingerprint density at radius 3 is 2.04 bits per heavy atom. The Bertz CT molecular complexity index is 550. The molecule has 0 saturated carbocycles. The van der Waals surface area contributed by atoms with E-state index in [2.05, 4.69) is 29.2 Å². The van der Waals surface area contributed by atoms with Crippen LogP contribution in [0, 0.1) is 0 Å². The first-order valence-electron chi connectivity index (χ1n) is 9.60. The highest BCUT2D eigenvalue weighted by Gasteiger charge is 2.18. The van der Waals surface area contributed by atoms with E-state index in [1.165, 1.54) is 12.0 Å². The van der Waals surface area contributed by atoms with Gasteiger partial charge in [0.05, 0.1) is 6.54 Å². The van der Waals surface area contributed by atoms with Crippen molar-refractivity contribution in [3.8, 4) is 0 Å². The topological polar surface area (TPSA) is 69.9 Å². The zero-order valence-electron chi connectivity index (χ0n) is 15.9. The first-order chi connectivity index (χ1) is 12.6. The number of rotatable bonds is 3. The summed E-state index contributed by atoms with van der Waals surface area (Å²) in [5.41, 5.74) is 6.56. The van der Waals surface area contributed by atoms with Crippen LogP contribution in [0.25, 0.3) is 0 Å². The van der Waals surface area contributed by atoms with Crippen LogP contribution in [0.15, 0.2) is 30.3 Å². The molecule has 0 bridgehead atoms. The molecule has 2 amide bonds. The van der Waals surface area contributed by atoms with Crippen LogP contribution in [-0.2, 0) is 16.1 Å². The van der Waals surface area contributed by atoms with Crippen molar-refractivity contribution in [2.75, 3.05) is 45.8 Å². The summed E-state index contributed by atoms with van der Waals surface area (Å²) < 4.78 is 0. The van der Waals surface area contributed by atoms with Crippen molar-refractivity contribution in [2.24, 2.45) is 5.73 Å². The summed E-state index contributed by atoms with van der Waals surface area (Å²) in [7, 11) is 0. The molecule has 6 nitrogen and oxygen atoms in total. The fourth-order valence-electron chi connectivity index (χ4n) is 3.33. The lowest BCUT2D eigenvalue weighted by Crippen LogP contribution is -2.47. The molecule has 0 spiro atoms. The zero-order chi connectivity index (χ0) is 18.8. The van der Waals surface area contributed by atoms with Crippen LogP contribution >= 0.6 is 0 Å². The van der Waals surface area contributed by atoms with Gasteiger partial charge in [0.2, 0.25) is 11.8 Å². The Morgan fingerprint density at radius 2 is 1.50 bits per heavy atom. The molecule has 2 N–H and O–H groups in total. The highest BCUT2D eigenvalue weighted by atomic mass is 16.2. The van der Waals surface area contributed by atoms with Gasteiger partial charge in [0, 0.05) is 52.7 Å². The summed E-state index contributed by atoms with van der Waals surface area (Å²) in [6.07, 6.45) is 3.55. The smallest absolute Gasteiger partial charge is 0.236 e. The van der Waals surface area contributed by atoms with E-state index in [0.29, 0.717) is 0 Å². The highest BCUT2D eigenvalue weighted by Crippen LogP contribution is 2.08. The average Bonchev–Trinajstić information content (AvgIpc) is 2.70. The molecule has 1 aromatic rings. The number of carbonyl (C=O) groups is 2. The highest BCUT2D eigenvalue weighted by molar-refractivity contribution is 5.78. The van der Waals surface area contributed by atoms with Gasteiger partial charge < -0.3 is 15.5 Å². The maximum Gasteiger partial charge on any atom is 0.236 e. The number of benzene rings is 1. The van der Waals surface area contributed by atoms with E-state index in [0.717, 1.165) is 58.7 Å². The molecule has 2 saturated heterocycles. The fraction of sp³-hybridized carbons (Fsp3) is 0.600. The molecular formula is C20H32N4O2. The van der Waals surface area contributed by atoms with Crippen LogP contribution in [-0.4, -0.2) is 72.3 Å². The van der Waals surface area contributed by atoms with Gasteiger partial charge in [-0.2, -0.15) is 0 Å². The average molecular weight is 361 g/mol. The molecule has 1 aromatic carbocycles. The summed E-state index contributed by atoms with van der Waals surface area (Å²) in [5.74, 6) is 0.291. The van der Waals surface area contributed by atoms with E-state index in [-0.39, 0.29) is 18.4 Å². The molecule has 0 aliphatic carbocycles. The van der Waals surface area contributed by atoms with Gasteiger partial charge in [-0.3, -0.25) is 14.5 Å². The van der Waals surface area contributed by atoms with E-state index < -0.39 is 0 Å². The number of hydrogen-bond acceptors (Lipinski definition) is 4. The Balaban J connectivity index is 0.000000209. The Labute approximate surface area is 156 Å². The SMILES string of the molecule is CC(=O)N1CCN(Cc2ccccc2)CC1.NCC(=O)N1CCCCC1. The lowest BCUT2D eigenvalue weighted by Gasteiger charge is -2.34. The number of carbonyl (C=O) groups excluding carboxylic acids is 2. The van der Waals surface area contributed by atoms with Crippen LogP contribution in [0.2, 0.25) is 0 Å². The van der Waals surface area contributed by atoms with Crippen LogP contribution in [0.3, 0.4) is 0 Å². The standard InChI is InChI=1S/C13H18N2O.C7H14N2O/c1-12(16)15-9-7-14(8-10-15)11-13-5-3-2-4-6-13;8-6-7(10)9-4-2-1-3-5-9/h2-6H,7-11H2,1H3;1-6,8H2. The van der Waals surface area contributed by atoms with Gasteiger partial charge in [-0.25, -0.2) is 0 Å². The van der Waals surface area contributed by atoms with E-state index in [9.17, 15) is 9.59 Å². The minimum atomic E-state index is 0.0969. The molecular weight excluding hydrogens is 328 g/mol. The van der Waals surface area contributed by atoms with Gasteiger partial charge >= 0.3 is 0 Å². The third-order valence-electron chi connectivity index (χ3n) is 4.95. The number of piperidine rings is 1. The normalized spacial score (nSPS) is 18.1. The van der Waals surface area contributed by atoms with Crippen molar-refractivity contribution in [3.05, 3.63) is 35.9 Å². The van der Waals surface area contributed by atoms with E-state index in [1.807, 2.05) is 15.9 Å². The number of hydrogen-bond donors (Lipinski definition) is 1. The third-order valence-corrected chi connectivity index (χ3v) is 4.95. The van der Waals surface area contributed by atoms with E-state index >= 15 is 0 Å². The molecule has 6 heteroatoms. The monoisotopic (exact) mass is 360 g/mol. The predicted octanol–water partition coefficient (Wildman–Crippen LogP) is 1.31. The molecule has 2 aliphatic rings. The zero-order valence-corrected chi connectivity index (χ0v) is 15.9. The van der Waals surface area contributed by atoms with Gasteiger partial charge in [-0.05, 0) is 24.8 Å². The molecule has 0 unspecified atom stereocenters. The molecule has 0 aromatic heterocycles. The Hall–Kier alpha value is -1.92. The Kier molecular flexibility index (Phi) is 8.58. The van der Waals surface area contributed by atoms with Crippen molar-refractivity contribution >= 4 is 11.8 Å². The molecule has 2 heterocycles. The minimum absolute atomic E-state index is 0.0969. The fourth-order valence-corrected chi connectivity index (χ4v) is 3.33. The molecule has 26 heavy (non-hydrogen) atoms. The lowest BCUT2D eigenvalue weighted by molar-refractivity contribution is -0.131. The van der Waals surface area contributed by atoms with Crippen molar-refractivity contribution in [1.82, 2.24) is 14.7 Å². The largest absolute Gasteiger partial charge is 0.342 e. The molecule has 144 valence electrons. The minimum Gasteiger partial charge on any atom is -0.342 e. The van der Waals surface area contributed by atoms with Gasteiger partial charge in [-0.1, -0.05) is 30.3 Å². The van der Waals surface area contributed by atoms with Crippen LogP contribution < -0.4 is 5.73 Å². The Morgan fingerprint density at radius 1 is 0.885 bits per heavy atom. The second kappa shape index (κ2) is 10.9. The summed E-state index contributed by atoms with van der Waals surface area (Å²) >= 11 is 0. The van der Waals surface area contributed by atoms with Gasteiger partial charge in [0.25, 0.3) is 0 Å². The summed E-state index contributed by atoms with van der Waals surface area (Å²) in [4.78, 5) is 28.3. The first-order valence-corrected chi connectivity index (χ1v) is 9.60. The van der Waals surface area contributed by atoms with E-state index in [1.54, 1.807) is 6.92 Å². The lowest BCUT2D eigenvalue weighted by atomic mass is 10.1. The molecule has 2 aliphatic heterocycles. The molecule has 0 atom stereocenters. The first kappa shape index (κ1) is 20.4. The predicted molar refractivity (Wildman–Crippen MR) is 103 cm³/mol. The van der Waals surface area contributed by atoms with Crippen LogP contribution in [0.4, 0.5) is 0 Å². The molecule has 0 radical (unpaired) electrons. The maximum absolute atomic E-state index is 11.2. The number of amides is 2. The number of likely N-dealkylation sites (tertiary alicyclic amines) is 1. The van der Waals surface area contributed by atoms with Crippen LogP contribution in [0.5, 0.6) is 0 Å². The summed E-state index contributed by atoms with van der Waals surface area (Å²) in [6, 6.07) is 10.5. The van der Waals surface area contributed by atoms with Gasteiger partial charge in [-0.15, -0.1) is 0 Å². The second-order valence-electron chi connectivity index (χ2n) is 6.91. The summed E-state index contributed by atoms with van der Waals surface area (Å²) in [6.45, 7) is 8.32. The van der Waals surface area contributed by atoms with Crippen molar-refractivity contribution in [1.29, 1.82) is 0 Å². The molecule has 2 fully saturated rings. The van der Waals surface area contributed by atoms with E-state index in [4.69, 9.17) is 5.73 Å². The maximum atomic E-state index is 11.2. The summed E-state index contributed by atoms with van der Waals surface area (Å²) in [5, 5.41) is 0. The third kappa shape index (κ3) is 6.77. The van der Waals surface area contributed by atoms with Crippen molar-refractivity contribution in [3.63, 3.8) is 0 Å². The quantitative estimate of drug-likeness (QED) is 0.882. The number of nitrogens with zero attached hydrogens (tertiary/aromatic N) is 3. The second-order valence-corrected chi connectivity index (χ2v) is 6.91. The van der Waals surface area contributed by atoms with Gasteiger partial charge in [0.15, 0.2) is 0 Å². The number of piperazine rings is 1.